The van der Waals surface area contributed by atoms with Crippen molar-refractivity contribution in [2.75, 3.05) is 0 Å². The molecule has 0 unspecified atom stereocenters. The van der Waals surface area contributed by atoms with Gasteiger partial charge < -0.3 is 9.47 Å². The Morgan fingerprint density at radius 3 is 1.65 bits per heavy atom. The first-order valence-electron chi connectivity index (χ1n) is 7.35. The van der Waals surface area contributed by atoms with Crippen LogP contribution in [0.3, 0.4) is 0 Å². The Hall–Kier alpha value is -2.62. The summed E-state index contributed by atoms with van der Waals surface area (Å²) < 4.78 is 8.96. The zero-order valence-electron chi connectivity index (χ0n) is 13.9. The molecule has 2 rings (SSSR count). The summed E-state index contributed by atoms with van der Waals surface area (Å²) in [5.74, 6) is -0.928. The van der Waals surface area contributed by atoms with Crippen molar-refractivity contribution in [3.63, 3.8) is 0 Å². The molecule has 0 bridgehead atoms. The van der Waals surface area contributed by atoms with E-state index in [2.05, 4.69) is 64.9 Å². The third kappa shape index (κ3) is 7.81. The SMILES string of the molecule is CC(=O)OC(C)OC(C)=O.Cc1ccc(-c2ccccc2)cc1. The molecule has 0 amide bonds. The van der Waals surface area contributed by atoms with Crippen LogP contribution in [0.4, 0.5) is 0 Å². The summed E-state index contributed by atoms with van der Waals surface area (Å²) in [7, 11) is 0. The van der Waals surface area contributed by atoms with Crippen LogP contribution in [0.15, 0.2) is 54.6 Å². The summed E-state index contributed by atoms with van der Waals surface area (Å²) in [5.41, 5.74) is 3.87. The Bertz CT molecular complexity index is 602. The smallest absolute Gasteiger partial charge is 0.305 e. The van der Waals surface area contributed by atoms with E-state index in [4.69, 9.17) is 0 Å². The zero-order chi connectivity index (χ0) is 17.2. The van der Waals surface area contributed by atoms with Crippen LogP contribution >= 0.6 is 0 Å². The highest BCUT2D eigenvalue weighted by Crippen LogP contribution is 2.18. The third-order valence-corrected chi connectivity index (χ3v) is 2.82. The van der Waals surface area contributed by atoms with Gasteiger partial charge in [0.1, 0.15) is 0 Å². The second kappa shape index (κ2) is 9.41. The number of hydrogen-bond donors (Lipinski definition) is 0. The van der Waals surface area contributed by atoms with Gasteiger partial charge in [-0.15, -0.1) is 0 Å². The first-order chi connectivity index (χ1) is 10.9. The number of rotatable bonds is 3. The normalized spacial score (nSPS) is 9.61. The van der Waals surface area contributed by atoms with Gasteiger partial charge in [-0.3, -0.25) is 9.59 Å². The molecule has 0 spiro atoms. The number of benzene rings is 2. The molecule has 2 aromatic carbocycles. The Labute approximate surface area is 137 Å². The molecule has 0 radical (unpaired) electrons. The van der Waals surface area contributed by atoms with Crippen molar-refractivity contribution in [1.29, 1.82) is 0 Å². The van der Waals surface area contributed by atoms with Crippen LogP contribution in [0.25, 0.3) is 11.1 Å². The summed E-state index contributed by atoms with van der Waals surface area (Å²) in [5, 5.41) is 0. The van der Waals surface area contributed by atoms with Crippen LogP contribution in [-0.4, -0.2) is 18.2 Å². The predicted molar refractivity (Wildman–Crippen MR) is 89.6 cm³/mol. The number of carbonyl (C=O) groups excluding carboxylic acids is 2. The van der Waals surface area contributed by atoms with E-state index in [0.717, 1.165) is 0 Å². The highest BCUT2D eigenvalue weighted by molar-refractivity contribution is 5.68. The number of ether oxygens (including phenoxy) is 2. The quantitative estimate of drug-likeness (QED) is 0.631. The van der Waals surface area contributed by atoms with Gasteiger partial charge in [-0.2, -0.15) is 0 Å². The van der Waals surface area contributed by atoms with Crippen LogP contribution in [0.1, 0.15) is 26.3 Å². The lowest BCUT2D eigenvalue weighted by Crippen LogP contribution is -2.18. The predicted octanol–water partition coefficient (Wildman–Crippen LogP) is 4.12. The lowest BCUT2D eigenvalue weighted by Gasteiger charge is -2.10. The van der Waals surface area contributed by atoms with Gasteiger partial charge >= 0.3 is 11.9 Å². The van der Waals surface area contributed by atoms with E-state index in [1.165, 1.54) is 37.5 Å². The van der Waals surface area contributed by atoms with Gasteiger partial charge in [0.2, 0.25) is 6.29 Å². The van der Waals surface area contributed by atoms with E-state index in [9.17, 15) is 9.59 Å². The molecule has 0 aromatic heterocycles. The van der Waals surface area contributed by atoms with Crippen molar-refractivity contribution in [3.8, 4) is 11.1 Å². The molecule has 0 aliphatic rings. The van der Waals surface area contributed by atoms with Gasteiger partial charge in [-0.25, -0.2) is 0 Å². The number of carbonyl (C=O) groups is 2. The number of hydrogen-bond acceptors (Lipinski definition) is 4. The molecule has 0 atom stereocenters. The molecule has 4 nitrogen and oxygen atoms in total. The molecule has 23 heavy (non-hydrogen) atoms. The Morgan fingerprint density at radius 2 is 1.22 bits per heavy atom. The van der Waals surface area contributed by atoms with E-state index in [1.807, 2.05) is 6.07 Å². The third-order valence-electron chi connectivity index (χ3n) is 2.82. The van der Waals surface area contributed by atoms with E-state index >= 15 is 0 Å². The average Bonchev–Trinajstić information content (AvgIpc) is 2.48. The van der Waals surface area contributed by atoms with Crippen LogP contribution in [0.2, 0.25) is 0 Å². The zero-order valence-corrected chi connectivity index (χ0v) is 13.9. The molecular weight excluding hydrogens is 292 g/mol. The fraction of sp³-hybridized carbons (Fsp3) is 0.263. The number of aryl methyl sites for hydroxylation is 1. The van der Waals surface area contributed by atoms with Crippen molar-refractivity contribution < 1.29 is 19.1 Å². The molecule has 4 heteroatoms. The molecule has 0 heterocycles. The van der Waals surface area contributed by atoms with Gasteiger partial charge in [-0.1, -0.05) is 60.2 Å². The van der Waals surface area contributed by atoms with E-state index in [-0.39, 0.29) is 0 Å². The Balaban J connectivity index is 0.000000241. The maximum absolute atomic E-state index is 10.2. The summed E-state index contributed by atoms with van der Waals surface area (Å²) in [6.45, 7) is 6.08. The van der Waals surface area contributed by atoms with Crippen LogP contribution in [-0.2, 0) is 19.1 Å². The highest BCUT2D eigenvalue weighted by Gasteiger charge is 2.06. The van der Waals surface area contributed by atoms with E-state index < -0.39 is 18.2 Å². The molecule has 0 fully saturated rings. The van der Waals surface area contributed by atoms with Crippen molar-refractivity contribution in [2.45, 2.75) is 34.0 Å². The molecule has 0 N–H and O–H groups in total. The fourth-order valence-corrected chi connectivity index (χ4v) is 1.87. The second-order valence-corrected chi connectivity index (χ2v) is 5.02. The molecule has 0 saturated heterocycles. The van der Waals surface area contributed by atoms with Crippen molar-refractivity contribution in [1.82, 2.24) is 0 Å². The maximum atomic E-state index is 10.2. The molecule has 2 aromatic rings. The summed E-state index contributed by atoms with van der Waals surface area (Å²) >= 11 is 0. The van der Waals surface area contributed by atoms with Crippen molar-refractivity contribution in [3.05, 3.63) is 60.2 Å². The van der Waals surface area contributed by atoms with Crippen LogP contribution < -0.4 is 0 Å². The fourth-order valence-electron chi connectivity index (χ4n) is 1.87. The minimum atomic E-state index is -0.782. The van der Waals surface area contributed by atoms with E-state index in [1.54, 1.807) is 0 Å². The van der Waals surface area contributed by atoms with Gasteiger partial charge in [0.25, 0.3) is 0 Å². The minimum absolute atomic E-state index is 0.464. The first-order valence-corrected chi connectivity index (χ1v) is 7.35. The minimum Gasteiger partial charge on any atom is -0.426 e. The second-order valence-electron chi connectivity index (χ2n) is 5.02. The van der Waals surface area contributed by atoms with Gasteiger partial charge in [-0.05, 0) is 18.1 Å². The standard InChI is InChI=1S/C13H12.C6H10O4/c1-11-7-9-13(10-8-11)12-5-3-2-4-6-12;1-4(7)9-6(3)10-5(2)8/h2-10H,1H3;6H,1-3H3. The topological polar surface area (TPSA) is 52.6 Å². The Morgan fingerprint density at radius 1 is 0.783 bits per heavy atom. The van der Waals surface area contributed by atoms with Gasteiger partial charge in [0.05, 0.1) is 0 Å². The summed E-state index contributed by atoms with van der Waals surface area (Å²) in [4.78, 5) is 20.4. The summed E-state index contributed by atoms with van der Waals surface area (Å²) in [6, 6.07) is 19.0. The first kappa shape index (κ1) is 18.4. The molecule has 0 aliphatic carbocycles. The van der Waals surface area contributed by atoms with Gasteiger partial charge in [0.15, 0.2) is 0 Å². The highest BCUT2D eigenvalue weighted by atomic mass is 16.7. The largest absolute Gasteiger partial charge is 0.426 e. The molecule has 122 valence electrons. The van der Waals surface area contributed by atoms with E-state index in [0.29, 0.717) is 0 Å². The maximum Gasteiger partial charge on any atom is 0.305 e. The lowest BCUT2D eigenvalue weighted by atomic mass is 10.0. The number of esters is 2. The van der Waals surface area contributed by atoms with Crippen molar-refractivity contribution >= 4 is 11.9 Å². The Kier molecular flexibility index (Phi) is 7.54. The monoisotopic (exact) mass is 314 g/mol. The molecular formula is C19H22O4. The van der Waals surface area contributed by atoms with Gasteiger partial charge in [0, 0.05) is 20.8 Å². The summed E-state index contributed by atoms with van der Waals surface area (Å²) in [6.07, 6.45) is -0.782. The van der Waals surface area contributed by atoms with Crippen LogP contribution in [0.5, 0.6) is 0 Å². The van der Waals surface area contributed by atoms with Crippen LogP contribution in [0, 0.1) is 6.92 Å². The van der Waals surface area contributed by atoms with Crippen molar-refractivity contribution in [2.24, 2.45) is 0 Å². The lowest BCUT2D eigenvalue weighted by molar-refractivity contribution is -0.181. The molecule has 0 saturated carbocycles. The molecule has 0 aliphatic heterocycles. The average molecular weight is 314 g/mol.